The zero-order valence-corrected chi connectivity index (χ0v) is 12.0. The summed E-state index contributed by atoms with van der Waals surface area (Å²) in [5.41, 5.74) is 1.89. The van der Waals surface area contributed by atoms with Crippen molar-refractivity contribution in [3.8, 4) is 0 Å². The van der Waals surface area contributed by atoms with E-state index in [4.69, 9.17) is 0 Å². The quantitative estimate of drug-likeness (QED) is 0.870. The summed E-state index contributed by atoms with van der Waals surface area (Å²) in [7, 11) is 0. The Balaban J connectivity index is 1.91. The highest BCUT2D eigenvalue weighted by molar-refractivity contribution is 6.00. The summed E-state index contributed by atoms with van der Waals surface area (Å²) in [6.45, 7) is 1.55. The van der Waals surface area contributed by atoms with Gasteiger partial charge in [0, 0.05) is 12.2 Å². The molecule has 5 heteroatoms. The van der Waals surface area contributed by atoms with E-state index in [-0.39, 0.29) is 11.9 Å². The number of aromatic carboxylic acids is 1. The number of rotatable bonds is 2. The van der Waals surface area contributed by atoms with Crippen molar-refractivity contribution >= 4 is 17.6 Å². The summed E-state index contributed by atoms with van der Waals surface area (Å²) < 4.78 is 0. The number of piperidine rings is 1. The van der Waals surface area contributed by atoms with Gasteiger partial charge in [-0.1, -0.05) is 12.5 Å². The number of amides is 1. The fraction of sp³-hybridized carbons (Fsp3) is 0.500. The SMILES string of the molecule is O=C(O)c1cccc2c1CCCN2C(=O)C1CCCCN1. The maximum atomic E-state index is 12.7. The fourth-order valence-electron chi connectivity index (χ4n) is 3.30. The molecule has 0 aliphatic carbocycles. The Morgan fingerprint density at radius 3 is 2.81 bits per heavy atom. The van der Waals surface area contributed by atoms with Crippen LogP contribution in [0.2, 0.25) is 0 Å². The molecule has 0 saturated carbocycles. The number of hydrogen-bond acceptors (Lipinski definition) is 3. The zero-order chi connectivity index (χ0) is 14.8. The molecule has 0 bridgehead atoms. The minimum absolute atomic E-state index is 0.0817. The standard InChI is InChI=1S/C16H20N2O3/c19-15(13-7-1-2-9-17-13)18-10-4-6-11-12(16(20)21)5-3-8-14(11)18/h3,5,8,13,17H,1-2,4,6-7,9-10H2,(H,20,21). The molecule has 112 valence electrons. The highest BCUT2D eigenvalue weighted by Gasteiger charge is 2.30. The molecule has 0 spiro atoms. The third-order valence-electron chi connectivity index (χ3n) is 4.36. The number of carbonyl (C=O) groups is 2. The van der Waals surface area contributed by atoms with Gasteiger partial charge in [-0.25, -0.2) is 4.79 Å². The number of fused-ring (bicyclic) bond motifs is 1. The van der Waals surface area contributed by atoms with E-state index in [1.165, 1.54) is 0 Å². The summed E-state index contributed by atoms with van der Waals surface area (Å²) in [5, 5.41) is 12.6. The second kappa shape index (κ2) is 5.85. The van der Waals surface area contributed by atoms with Crippen molar-refractivity contribution < 1.29 is 14.7 Å². The van der Waals surface area contributed by atoms with Crippen LogP contribution < -0.4 is 10.2 Å². The van der Waals surface area contributed by atoms with E-state index in [9.17, 15) is 14.7 Å². The van der Waals surface area contributed by atoms with Gasteiger partial charge in [0.25, 0.3) is 0 Å². The molecule has 1 amide bonds. The van der Waals surface area contributed by atoms with Gasteiger partial charge in [0.2, 0.25) is 5.91 Å². The predicted molar refractivity (Wildman–Crippen MR) is 79.7 cm³/mol. The number of hydrogen-bond donors (Lipinski definition) is 2. The normalized spacial score (nSPS) is 21.7. The summed E-state index contributed by atoms with van der Waals surface area (Å²) in [5.74, 6) is -0.838. The van der Waals surface area contributed by atoms with Crippen molar-refractivity contribution in [2.24, 2.45) is 0 Å². The second-order valence-electron chi connectivity index (χ2n) is 5.70. The van der Waals surface area contributed by atoms with Gasteiger partial charge in [-0.3, -0.25) is 4.79 Å². The third-order valence-corrected chi connectivity index (χ3v) is 4.36. The van der Waals surface area contributed by atoms with Crippen LogP contribution in [-0.2, 0) is 11.2 Å². The van der Waals surface area contributed by atoms with Crippen LogP contribution in [-0.4, -0.2) is 36.1 Å². The lowest BCUT2D eigenvalue weighted by molar-refractivity contribution is -0.121. The average molecular weight is 288 g/mol. The summed E-state index contributed by atoms with van der Waals surface area (Å²) >= 11 is 0. The van der Waals surface area contributed by atoms with Crippen LogP contribution in [0, 0.1) is 0 Å². The Kier molecular flexibility index (Phi) is 3.92. The monoisotopic (exact) mass is 288 g/mol. The third kappa shape index (κ3) is 2.65. The molecule has 1 atom stereocenters. The number of nitrogens with one attached hydrogen (secondary N) is 1. The van der Waals surface area contributed by atoms with E-state index in [0.717, 1.165) is 49.9 Å². The van der Waals surface area contributed by atoms with Gasteiger partial charge in [0.1, 0.15) is 0 Å². The number of anilines is 1. The average Bonchev–Trinajstić information content (AvgIpc) is 2.53. The topological polar surface area (TPSA) is 69.6 Å². The first-order valence-electron chi connectivity index (χ1n) is 7.58. The van der Waals surface area contributed by atoms with E-state index in [0.29, 0.717) is 12.1 Å². The van der Waals surface area contributed by atoms with Crippen molar-refractivity contribution in [3.05, 3.63) is 29.3 Å². The maximum Gasteiger partial charge on any atom is 0.336 e. The van der Waals surface area contributed by atoms with Crippen molar-refractivity contribution in [2.75, 3.05) is 18.0 Å². The molecule has 2 aliphatic rings. The number of carbonyl (C=O) groups excluding carboxylic acids is 1. The molecule has 1 unspecified atom stereocenters. The molecular formula is C16H20N2O3. The van der Waals surface area contributed by atoms with Gasteiger partial charge >= 0.3 is 5.97 Å². The molecule has 0 radical (unpaired) electrons. The van der Waals surface area contributed by atoms with Gasteiger partial charge in [0.05, 0.1) is 11.6 Å². The van der Waals surface area contributed by atoms with Crippen molar-refractivity contribution in [1.82, 2.24) is 5.32 Å². The summed E-state index contributed by atoms with van der Waals surface area (Å²) in [4.78, 5) is 25.8. The molecule has 1 aromatic rings. The Morgan fingerprint density at radius 1 is 1.24 bits per heavy atom. The molecule has 0 aromatic heterocycles. The summed E-state index contributed by atoms with van der Waals surface area (Å²) in [6, 6.07) is 5.08. The highest BCUT2D eigenvalue weighted by Crippen LogP contribution is 2.31. The Morgan fingerprint density at radius 2 is 2.10 bits per heavy atom. The van der Waals surface area contributed by atoms with Crippen LogP contribution in [0.3, 0.4) is 0 Å². The lowest BCUT2D eigenvalue weighted by atomic mass is 9.95. The van der Waals surface area contributed by atoms with E-state index in [2.05, 4.69) is 5.32 Å². The number of benzene rings is 1. The van der Waals surface area contributed by atoms with Crippen LogP contribution >= 0.6 is 0 Å². The summed E-state index contributed by atoms with van der Waals surface area (Å²) in [6.07, 6.45) is 4.58. The molecule has 21 heavy (non-hydrogen) atoms. The number of carboxylic acids is 1. The van der Waals surface area contributed by atoms with Crippen LogP contribution in [0.25, 0.3) is 0 Å². The van der Waals surface area contributed by atoms with Crippen LogP contribution in [0.1, 0.15) is 41.6 Å². The predicted octanol–water partition coefficient (Wildman–Crippen LogP) is 1.81. The fourth-order valence-corrected chi connectivity index (χ4v) is 3.30. The van der Waals surface area contributed by atoms with Crippen LogP contribution in [0.5, 0.6) is 0 Å². The molecule has 3 rings (SSSR count). The minimum Gasteiger partial charge on any atom is -0.478 e. The van der Waals surface area contributed by atoms with Crippen molar-refractivity contribution in [2.45, 2.75) is 38.1 Å². The van der Waals surface area contributed by atoms with E-state index in [1.54, 1.807) is 17.0 Å². The largest absolute Gasteiger partial charge is 0.478 e. The van der Waals surface area contributed by atoms with Crippen molar-refractivity contribution in [1.29, 1.82) is 0 Å². The second-order valence-corrected chi connectivity index (χ2v) is 5.70. The van der Waals surface area contributed by atoms with E-state index in [1.807, 2.05) is 6.07 Å². The molecule has 5 nitrogen and oxygen atoms in total. The molecule has 1 saturated heterocycles. The first kappa shape index (κ1) is 14.1. The minimum atomic E-state index is -0.919. The Bertz CT molecular complexity index is 565. The van der Waals surface area contributed by atoms with E-state index < -0.39 is 5.97 Å². The molecule has 2 aliphatic heterocycles. The number of nitrogens with zero attached hydrogens (tertiary/aromatic N) is 1. The Labute approximate surface area is 123 Å². The van der Waals surface area contributed by atoms with Gasteiger partial charge < -0.3 is 15.3 Å². The van der Waals surface area contributed by atoms with Gasteiger partial charge in [0.15, 0.2) is 0 Å². The maximum absolute atomic E-state index is 12.7. The lowest BCUT2D eigenvalue weighted by Gasteiger charge is -2.34. The molecule has 2 N–H and O–H groups in total. The molecule has 1 fully saturated rings. The Hall–Kier alpha value is -1.88. The number of carboxylic acid groups (broad SMARTS) is 1. The van der Waals surface area contributed by atoms with Gasteiger partial charge in [-0.2, -0.15) is 0 Å². The lowest BCUT2D eigenvalue weighted by Crippen LogP contribution is -2.50. The van der Waals surface area contributed by atoms with Crippen LogP contribution in [0.15, 0.2) is 18.2 Å². The van der Waals surface area contributed by atoms with Crippen molar-refractivity contribution in [3.63, 3.8) is 0 Å². The zero-order valence-electron chi connectivity index (χ0n) is 12.0. The first-order valence-corrected chi connectivity index (χ1v) is 7.58. The first-order chi connectivity index (χ1) is 10.2. The van der Waals surface area contributed by atoms with Crippen LogP contribution in [0.4, 0.5) is 5.69 Å². The molecule has 2 heterocycles. The van der Waals surface area contributed by atoms with Gasteiger partial charge in [-0.05, 0) is 49.9 Å². The smallest absolute Gasteiger partial charge is 0.336 e. The molecule has 1 aromatic carbocycles. The highest BCUT2D eigenvalue weighted by atomic mass is 16.4. The van der Waals surface area contributed by atoms with Gasteiger partial charge in [-0.15, -0.1) is 0 Å². The van der Waals surface area contributed by atoms with E-state index >= 15 is 0 Å². The molecular weight excluding hydrogens is 268 g/mol.